The molecule has 0 unspecified atom stereocenters. The van der Waals surface area contributed by atoms with E-state index in [0.29, 0.717) is 11.5 Å². The van der Waals surface area contributed by atoms with E-state index in [1.807, 2.05) is 46.2 Å². The third-order valence-electron chi connectivity index (χ3n) is 9.24. The zero-order valence-electron chi connectivity index (χ0n) is 26.7. The topological polar surface area (TPSA) is 59.1 Å². The van der Waals surface area contributed by atoms with Gasteiger partial charge in [0.2, 0.25) is 0 Å². The molecule has 2 aromatic rings. The van der Waals surface area contributed by atoms with E-state index in [2.05, 4.69) is 26.0 Å². The highest BCUT2D eigenvalue weighted by Gasteiger charge is 2.35. The smallest absolute Gasteiger partial charge is 0.410 e. The Hall–Kier alpha value is -3.02. The summed E-state index contributed by atoms with van der Waals surface area (Å²) in [5.41, 5.74) is 2.13. The lowest BCUT2D eigenvalue weighted by Gasteiger charge is -2.40. The summed E-state index contributed by atoms with van der Waals surface area (Å²) in [5, 5.41) is 0. The molecule has 6 nitrogen and oxygen atoms in total. The van der Waals surface area contributed by atoms with Crippen molar-refractivity contribution >= 4 is 12.2 Å². The van der Waals surface area contributed by atoms with Gasteiger partial charge in [-0.25, -0.2) is 9.59 Å². The highest BCUT2D eigenvalue weighted by atomic mass is 16.6. The second-order valence-corrected chi connectivity index (χ2v) is 12.5. The lowest BCUT2D eigenvalue weighted by Crippen LogP contribution is -2.54. The first-order valence-electron chi connectivity index (χ1n) is 17.2. The van der Waals surface area contributed by atoms with Crippen LogP contribution in [-0.2, 0) is 12.8 Å². The number of rotatable bonds is 14. The normalized spacial score (nSPS) is 16.0. The molecule has 0 heterocycles. The van der Waals surface area contributed by atoms with Crippen molar-refractivity contribution in [2.75, 3.05) is 6.67 Å². The van der Waals surface area contributed by atoms with Crippen molar-refractivity contribution < 1.29 is 19.1 Å². The molecule has 2 aliphatic rings. The third kappa shape index (κ3) is 10.0. The van der Waals surface area contributed by atoms with Gasteiger partial charge in [0.15, 0.2) is 0 Å². The van der Waals surface area contributed by atoms with Gasteiger partial charge < -0.3 is 9.47 Å². The van der Waals surface area contributed by atoms with E-state index in [1.165, 1.54) is 12.8 Å². The van der Waals surface area contributed by atoms with Crippen molar-refractivity contribution in [3.05, 3.63) is 59.7 Å². The third-order valence-corrected chi connectivity index (χ3v) is 9.24. The predicted octanol–water partition coefficient (Wildman–Crippen LogP) is 10.1. The van der Waals surface area contributed by atoms with Crippen LogP contribution in [0.1, 0.15) is 128 Å². The van der Waals surface area contributed by atoms with Gasteiger partial charge in [-0.3, -0.25) is 9.80 Å². The first kappa shape index (κ1) is 32.9. The summed E-state index contributed by atoms with van der Waals surface area (Å²) in [6.45, 7) is 4.59. The van der Waals surface area contributed by atoms with E-state index in [4.69, 9.17) is 9.47 Å². The molecule has 0 radical (unpaired) electrons. The first-order valence-corrected chi connectivity index (χ1v) is 17.2. The van der Waals surface area contributed by atoms with Crippen molar-refractivity contribution in [1.82, 2.24) is 9.80 Å². The molecule has 0 aromatic heterocycles. The van der Waals surface area contributed by atoms with Crippen LogP contribution in [0.25, 0.3) is 0 Å². The fraction of sp³-hybridized carbons (Fsp3) is 0.622. The molecule has 2 aliphatic carbocycles. The minimum absolute atomic E-state index is 0.0497. The molecule has 4 rings (SSSR count). The number of benzene rings is 2. The van der Waals surface area contributed by atoms with Crippen LogP contribution in [0.3, 0.4) is 0 Å². The van der Waals surface area contributed by atoms with Crippen molar-refractivity contribution in [2.45, 2.75) is 142 Å². The lowest BCUT2D eigenvalue weighted by molar-refractivity contribution is 0.0471. The van der Waals surface area contributed by atoms with Gasteiger partial charge in [0.1, 0.15) is 18.2 Å². The first-order chi connectivity index (χ1) is 21.1. The van der Waals surface area contributed by atoms with E-state index < -0.39 is 0 Å². The highest BCUT2D eigenvalue weighted by Crippen LogP contribution is 2.30. The van der Waals surface area contributed by atoms with E-state index in [1.54, 1.807) is 0 Å². The number of para-hydroxylation sites is 2. The van der Waals surface area contributed by atoms with Gasteiger partial charge in [0.25, 0.3) is 0 Å². The van der Waals surface area contributed by atoms with Crippen LogP contribution in [-0.4, -0.2) is 40.7 Å². The molecule has 2 saturated carbocycles. The molecule has 0 saturated heterocycles. The van der Waals surface area contributed by atoms with Gasteiger partial charge in [-0.1, -0.05) is 114 Å². The Bertz CT molecular complexity index is 1040. The average Bonchev–Trinajstić information content (AvgIpc) is 3.04. The molecule has 0 atom stereocenters. The summed E-state index contributed by atoms with van der Waals surface area (Å²) >= 11 is 0. The van der Waals surface area contributed by atoms with Gasteiger partial charge in [-0.2, -0.15) is 0 Å². The molecule has 0 aliphatic heterocycles. The number of hydrogen-bond donors (Lipinski definition) is 0. The van der Waals surface area contributed by atoms with Crippen LogP contribution >= 0.6 is 0 Å². The SMILES string of the molecule is CCCCCc1ccccc1OC(=O)N(CN(C(=O)Oc1ccccc1CCCCC)C1CCCCC1)C1CCCCC1. The molecule has 0 bridgehead atoms. The molecule has 2 fully saturated rings. The molecule has 0 N–H and O–H groups in total. The molecule has 2 aromatic carbocycles. The maximum absolute atomic E-state index is 14.0. The Balaban J connectivity index is 1.56. The fourth-order valence-corrected chi connectivity index (χ4v) is 6.65. The van der Waals surface area contributed by atoms with Gasteiger partial charge in [-0.15, -0.1) is 0 Å². The quantitative estimate of drug-likeness (QED) is 0.162. The second kappa shape index (κ2) is 17.9. The predicted molar refractivity (Wildman–Crippen MR) is 174 cm³/mol. The van der Waals surface area contributed by atoms with Crippen LogP contribution in [0.5, 0.6) is 11.5 Å². The van der Waals surface area contributed by atoms with Crippen molar-refractivity contribution in [1.29, 1.82) is 0 Å². The molecular weight excluding hydrogens is 536 g/mol. The van der Waals surface area contributed by atoms with Crippen molar-refractivity contribution in [2.24, 2.45) is 0 Å². The minimum Gasteiger partial charge on any atom is -0.410 e. The Morgan fingerprint density at radius 2 is 1.00 bits per heavy atom. The Morgan fingerprint density at radius 1 is 0.605 bits per heavy atom. The largest absolute Gasteiger partial charge is 0.416 e. The van der Waals surface area contributed by atoms with Gasteiger partial charge in [0.05, 0.1) is 0 Å². The zero-order valence-corrected chi connectivity index (χ0v) is 26.7. The van der Waals surface area contributed by atoms with Crippen LogP contribution in [0.4, 0.5) is 9.59 Å². The Kier molecular flexibility index (Phi) is 13.7. The summed E-state index contributed by atoms with van der Waals surface area (Å²) in [4.78, 5) is 31.7. The number of carbonyl (C=O) groups is 2. The van der Waals surface area contributed by atoms with Crippen molar-refractivity contribution in [3.63, 3.8) is 0 Å². The number of amides is 2. The monoisotopic (exact) mass is 590 g/mol. The highest BCUT2D eigenvalue weighted by molar-refractivity contribution is 5.74. The summed E-state index contributed by atoms with van der Waals surface area (Å²) < 4.78 is 12.3. The minimum atomic E-state index is -0.358. The van der Waals surface area contributed by atoms with E-state index in [0.717, 1.165) is 114 Å². The maximum atomic E-state index is 14.0. The number of nitrogens with zero attached hydrogens (tertiary/aromatic N) is 2. The van der Waals surface area contributed by atoms with Crippen LogP contribution in [0.15, 0.2) is 48.5 Å². The summed E-state index contributed by atoms with van der Waals surface area (Å²) in [7, 11) is 0. The standard InChI is InChI=1S/C37H54N2O4/c1-3-5-9-19-30-21-15-17-27-34(30)42-36(40)38(32-23-11-7-12-24-32)29-39(33-25-13-8-14-26-33)37(41)43-35-28-18-16-22-31(35)20-10-6-4-2/h15-18,21-22,27-28,32-33H,3-14,19-20,23-26,29H2,1-2H3. The molecule has 236 valence electrons. The number of ether oxygens (including phenoxy) is 2. The van der Waals surface area contributed by atoms with Gasteiger partial charge in [0, 0.05) is 12.1 Å². The summed E-state index contributed by atoms with van der Waals surface area (Å²) in [6.07, 6.45) is 18.2. The average molecular weight is 591 g/mol. The molecule has 6 heteroatoms. The van der Waals surface area contributed by atoms with Gasteiger partial charge >= 0.3 is 12.2 Å². The lowest BCUT2D eigenvalue weighted by atomic mass is 9.93. The molecular formula is C37H54N2O4. The number of unbranched alkanes of at least 4 members (excludes halogenated alkanes) is 4. The molecule has 2 amide bonds. The summed E-state index contributed by atoms with van der Waals surface area (Å²) in [5.74, 6) is 1.27. The number of hydrogen-bond acceptors (Lipinski definition) is 4. The number of carbonyl (C=O) groups excluding carboxylic acids is 2. The van der Waals surface area contributed by atoms with Crippen LogP contribution in [0.2, 0.25) is 0 Å². The summed E-state index contributed by atoms with van der Waals surface area (Å²) in [6, 6.07) is 15.9. The fourth-order valence-electron chi connectivity index (χ4n) is 6.65. The van der Waals surface area contributed by atoms with E-state index in [-0.39, 0.29) is 30.9 Å². The Morgan fingerprint density at radius 3 is 1.40 bits per heavy atom. The second-order valence-electron chi connectivity index (χ2n) is 12.5. The number of aryl methyl sites for hydroxylation is 2. The zero-order chi connectivity index (χ0) is 30.3. The maximum Gasteiger partial charge on any atom is 0.416 e. The molecule has 0 spiro atoms. The van der Waals surface area contributed by atoms with Gasteiger partial charge in [-0.05, 0) is 74.6 Å². The molecule has 43 heavy (non-hydrogen) atoms. The van der Waals surface area contributed by atoms with Crippen LogP contribution in [0, 0.1) is 0 Å². The van der Waals surface area contributed by atoms with Crippen molar-refractivity contribution in [3.8, 4) is 11.5 Å². The van der Waals surface area contributed by atoms with Crippen LogP contribution < -0.4 is 9.47 Å². The van der Waals surface area contributed by atoms with E-state index in [9.17, 15) is 9.59 Å². The van der Waals surface area contributed by atoms with E-state index >= 15 is 0 Å². The Labute approximate surface area is 260 Å².